The predicted molar refractivity (Wildman–Crippen MR) is 262 cm³/mol. The SMILES string of the molecule is Br.Br.COc1ccc2cc1Oc1ccc(cc1)CC1c3cc(c(OC)cc3CC[N+]1(C)CCCCCCCCCCCCCC(=O)[O-])Oc1c(OC)c(OC)cc3c1C(C2)N(C)CC3. The van der Waals surface area contributed by atoms with E-state index in [0.717, 1.165) is 79.5 Å². The number of rotatable bonds is 18. The summed E-state index contributed by atoms with van der Waals surface area (Å²) in [5.74, 6) is 4.49. The number of fused-ring (bicyclic) bond motifs is 2. The van der Waals surface area contributed by atoms with Gasteiger partial charge in [0.2, 0.25) is 5.75 Å². The lowest BCUT2D eigenvalue weighted by atomic mass is 9.85. The van der Waals surface area contributed by atoms with Crippen LogP contribution in [-0.2, 0) is 30.5 Å². The monoisotopic (exact) mass is 1010 g/mol. The molecule has 10 nitrogen and oxygen atoms in total. The van der Waals surface area contributed by atoms with Crippen LogP contribution < -0.4 is 33.5 Å². The molecule has 0 radical (unpaired) electrons. The van der Waals surface area contributed by atoms with Gasteiger partial charge >= 0.3 is 0 Å². The van der Waals surface area contributed by atoms with E-state index in [1.807, 2.05) is 6.07 Å². The van der Waals surface area contributed by atoms with E-state index >= 15 is 0 Å². The van der Waals surface area contributed by atoms with Crippen molar-refractivity contribution in [1.29, 1.82) is 0 Å². The number of hydrogen-bond acceptors (Lipinski definition) is 9. The number of carbonyl (C=O) groups is 1. The summed E-state index contributed by atoms with van der Waals surface area (Å²) in [4.78, 5) is 13.0. The summed E-state index contributed by atoms with van der Waals surface area (Å²) in [6.45, 7) is 3.03. The Hall–Kier alpha value is -3.97. The molecule has 64 heavy (non-hydrogen) atoms. The quantitative estimate of drug-likeness (QED) is 0.0713. The normalized spacial score (nSPS) is 18.7. The molecule has 12 heteroatoms. The third-order valence-corrected chi connectivity index (χ3v) is 13.8. The molecule has 3 atom stereocenters. The summed E-state index contributed by atoms with van der Waals surface area (Å²) in [5.41, 5.74) is 7.26. The highest BCUT2D eigenvalue weighted by molar-refractivity contribution is 8.93. The van der Waals surface area contributed by atoms with Gasteiger partial charge in [0.1, 0.15) is 11.8 Å². The van der Waals surface area contributed by atoms with E-state index in [1.54, 1.807) is 28.4 Å². The average molecular weight is 1010 g/mol. The minimum Gasteiger partial charge on any atom is -0.550 e. The van der Waals surface area contributed by atoms with Crippen molar-refractivity contribution >= 4 is 39.9 Å². The first-order valence-corrected chi connectivity index (χ1v) is 23.0. The maximum absolute atomic E-state index is 10.6. The molecule has 350 valence electrons. The van der Waals surface area contributed by atoms with Crippen molar-refractivity contribution in [2.45, 2.75) is 115 Å². The van der Waals surface area contributed by atoms with E-state index in [2.05, 4.69) is 73.6 Å². The Morgan fingerprint density at radius 1 is 0.688 bits per heavy atom. The number of carbonyl (C=O) groups excluding carboxylic acids is 1. The van der Waals surface area contributed by atoms with Gasteiger partial charge in [0.05, 0.1) is 48.6 Å². The van der Waals surface area contributed by atoms with Gasteiger partial charge in [-0.1, -0.05) is 69.6 Å². The molecule has 0 N–H and O–H groups in total. The Labute approximate surface area is 402 Å². The Balaban J connectivity index is 0.00000385. The summed E-state index contributed by atoms with van der Waals surface area (Å²) in [7, 11) is 11.4. The fourth-order valence-electron chi connectivity index (χ4n) is 10.1. The molecule has 0 spiro atoms. The molecule has 4 aliphatic rings. The lowest BCUT2D eigenvalue weighted by Gasteiger charge is -2.46. The first-order valence-electron chi connectivity index (χ1n) is 23.0. The fraction of sp³-hybridized carbons (Fsp3) is 0.519. The molecule has 0 fully saturated rings. The van der Waals surface area contributed by atoms with Crippen LogP contribution in [0.1, 0.15) is 123 Å². The van der Waals surface area contributed by atoms with E-state index in [0.29, 0.717) is 46.7 Å². The second-order valence-corrected chi connectivity index (χ2v) is 17.9. The smallest absolute Gasteiger partial charge is 0.204 e. The molecule has 0 amide bonds. The molecular weight excluding hydrogens is 940 g/mol. The number of unbranched alkanes of at least 4 members (excludes halogenated alkanes) is 10. The number of nitrogens with zero attached hydrogens (tertiary/aromatic N) is 2. The van der Waals surface area contributed by atoms with E-state index < -0.39 is 5.97 Å². The summed E-state index contributed by atoms with van der Waals surface area (Å²) in [5, 5.41) is 10.6. The van der Waals surface area contributed by atoms with Gasteiger partial charge in [-0.2, -0.15) is 0 Å². The summed E-state index contributed by atoms with van der Waals surface area (Å²) in [6, 6.07) is 21.6. The number of hydrogen-bond donors (Lipinski definition) is 0. The van der Waals surface area contributed by atoms with Crippen LogP contribution >= 0.6 is 34.0 Å². The van der Waals surface area contributed by atoms with Gasteiger partial charge in [-0.3, -0.25) is 4.90 Å². The van der Waals surface area contributed by atoms with Crippen LogP contribution in [0.25, 0.3) is 0 Å². The van der Waals surface area contributed by atoms with E-state index in [9.17, 15) is 9.90 Å². The van der Waals surface area contributed by atoms with E-state index in [4.69, 9.17) is 28.4 Å². The van der Waals surface area contributed by atoms with Crippen molar-refractivity contribution in [3.8, 4) is 46.0 Å². The summed E-state index contributed by atoms with van der Waals surface area (Å²) < 4.78 is 38.9. The lowest BCUT2D eigenvalue weighted by Crippen LogP contribution is -2.52. The average Bonchev–Trinajstić information content (AvgIpc) is 3.27. The number of likely N-dealkylation sites (N-methyl/N-ethyl adjacent to an activating group) is 2. The third kappa shape index (κ3) is 12.1. The Bertz CT molecular complexity index is 2150. The second kappa shape index (κ2) is 24.0. The molecule has 4 aliphatic heterocycles. The second-order valence-electron chi connectivity index (χ2n) is 17.9. The van der Waals surface area contributed by atoms with Gasteiger partial charge in [-0.25, -0.2) is 0 Å². The number of methoxy groups -OCH3 is 4. The highest BCUT2D eigenvalue weighted by atomic mass is 79.9. The lowest BCUT2D eigenvalue weighted by molar-refractivity contribution is -0.941. The molecule has 3 unspecified atom stereocenters. The van der Waals surface area contributed by atoms with Crippen LogP contribution in [0.2, 0.25) is 0 Å². The molecule has 6 bridgehead atoms. The zero-order valence-corrected chi connectivity index (χ0v) is 42.3. The number of carboxylic acid groups (broad SMARTS) is 1. The van der Waals surface area contributed by atoms with Gasteiger partial charge in [0.15, 0.2) is 34.5 Å². The molecule has 0 aliphatic carbocycles. The molecule has 4 aromatic carbocycles. The first kappa shape index (κ1) is 51.0. The molecule has 8 rings (SSSR count). The topological polar surface area (TPSA) is 98.8 Å². The number of halogens is 2. The largest absolute Gasteiger partial charge is 0.550 e. The van der Waals surface area contributed by atoms with Crippen LogP contribution in [0.3, 0.4) is 0 Å². The van der Waals surface area contributed by atoms with Gasteiger partial charge < -0.3 is 42.8 Å². The van der Waals surface area contributed by atoms with Gasteiger partial charge in [-0.15, -0.1) is 34.0 Å². The van der Waals surface area contributed by atoms with Crippen LogP contribution in [0.5, 0.6) is 46.0 Å². The first-order chi connectivity index (χ1) is 30.1. The summed E-state index contributed by atoms with van der Waals surface area (Å²) >= 11 is 0. The Morgan fingerprint density at radius 2 is 1.30 bits per heavy atom. The van der Waals surface area contributed by atoms with Crippen LogP contribution in [0.4, 0.5) is 0 Å². The standard InChI is InChI=1S/C52H68N2O8.2BrH/c1-53-27-25-39-34-48(59-5)51(60-6)52-50(39)42(53)30-37-21-24-44(57-3)46(32-37)61-40-22-19-36(20-23-40)31-43-41-35-47(62-52)45(58-4)33-38(41)26-29-54(43,2)28-17-15-13-11-9-7-8-10-12-14-16-18-49(55)56;;/h19-24,32-35,42-43H,7-18,25-31H2,1-6H3;2*1H. The zero-order chi connectivity index (χ0) is 43.6. The molecule has 0 aromatic heterocycles. The van der Waals surface area contributed by atoms with Crippen molar-refractivity contribution in [3.63, 3.8) is 0 Å². The minimum absolute atomic E-state index is 0. The highest BCUT2D eigenvalue weighted by Gasteiger charge is 2.40. The fourth-order valence-corrected chi connectivity index (χ4v) is 10.1. The van der Waals surface area contributed by atoms with E-state index in [-0.39, 0.29) is 52.5 Å². The maximum atomic E-state index is 10.6. The molecule has 4 aromatic rings. The zero-order valence-electron chi connectivity index (χ0n) is 38.8. The molecule has 0 saturated heterocycles. The Kier molecular flexibility index (Phi) is 19.1. The van der Waals surface area contributed by atoms with Crippen molar-refractivity contribution in [2.24, 2.45) is 0 Å². The number of ether oxygens (including phenoxy) is 6. The van der Waals surface area contributed by atoms with Gasteiger partial charge in [0.25, 0.3) is 0 Å². The van der Waals surface area contributed by atoms with Crippen molar-refractivity contribution in [3.05, 3.63) is 94.0 Å². The third-order valence-electron chi connectivity index (χ3n) is 13.8. The van der Waals surface area contributed by atoms with Crippen LogP contribution in [-0.4, -0.2) is 77.5 Å². The summed E-state index contributed by atoms with van der Waals surface area (Å²) in [6.07, 6.45) is 16.3. The van der Waals surface area contributed by atoms with Gasteiger partial charge in [-0.05, 0) is 110 Å². The van der Waals surface area contributed by atoms with Crippen molar-refractivity contribution in [2.75, 3.05) is 62.2 Å². The maximum Gasteiger partial charge on any atom is 0.204 e. The van der Waals surface area contributed by atoms with Gasteiger partial charge in [0, 0.05) is 42.5 Å². The predicted octanol–water partition coefficient (Wildman–Crippen LogP) is 11.3. The Morgan fingerprint density at radius 3 is 1.94 bits per heavy atom. The highest BCUT2D eigenvalue weighted by Crippen LogP contribution is 2.52. The van der Waals surface area contributed by atoms with Crippen molar-refractivity contribution < 1.29 is 42.8 Å². The van der Waals surface area contributed by atoms with Crippen molar-refractivity contribution in [1.82, 2.24) is 4.90 Å². The number of benzene rings is 4. The van der Waals surface area contributed by atoms with E-state index in [1.165, 1.54) is 73.6 Å². The minimum atomic E-state index is -0.933. The molecular formula is C52H70Br2N2O8. The van der Waals surface area contributed by atoms with Crippen LogP contribution in [0, 0.1) is 0 Å². The number of carboxylic acids is 1. The number of quaternary nitrogens is 1. The molecule has 4 heterocycles. The molecule has 0 saturated carbocycles. The number of aliphatic carboxylic acids is 1. The van der Waals surface area contributed by atoms with Crippen LogP contribution in [0.15, 0.2) is 60.7 Å².